The lowest BCUT2D eigenvalue weighted by molar-refractivity contribution is 1.39. The van der Waals surface area contributed by atoms with E-state index in [0.29, 0.717) is 0 Å². The minimum atomic E-state index is 1.21. The van der Waals surface area contributed by atoms with Crippen LogP contribution in [0.2, 0.25) is 0 Å². The summed E-state index contributed by atoms with van der Waals surface area (Å²) < 4.78 is 0. The number of benzene rings is 16. The molecule has 0 heterocycles. The molecule has 0 amide bonds. The quantitative estimate of drug-likeness (QED) is 0.119. The average molecular weight is 1060 g/mol. The van der Waals surface area contributed by atoms with Crippen LogP contribution < -0.4 is 0 Å². The largest absolute Gasteiger partial charge is 0.0622 e. The van der Waals surface area contributed by atoms with E-state index in [2.05, 4.69) is 269 Å². The molecule has 0 heteroatoms. The second-order valence-corrected chi connectivity index (χ2v) is 24.0. The normalized spacial score (nSPS) is 12.6. The highest BCUT2D eigenvalue weighted by atomic mass is 14.3. The molecule has 0 aromatic heterocycles. The van der Waals surface area contributed by atoms with Crippen LogP contribution in [0, 0.1) is 13.8 Å². The monoisotopic (exact) mass is 1060 g/mol. The van der Waals surface area contributed by atoms with E-state index < -0.39 is 0 Å². The molecular weight excluding hydrogens is 1010 g/mol. The molecule has 0 saturated heterocycles. The zero-order valence-corrected chi connectivity index (χ0v) is 46.2. The second-order valence-electron chi connectivity index (χ2n) is 24.0. The van der Waals surface area contributed by atoms with E-state index in [1.165, 1.54) is 218 Å². The Morgan fingerprint density at radius 1 is 0.167 bits per heavy atom. The van der Waals surface area contributed by atoms with Gasteiger partial charge < -0.3 is 0 Å². The highest BCUT2D eigenvalue weighted by Gasteiger charge is 2.32. The van der Waals surface area contributed by atoms with Crippen molar-refractivity contribution in [2.45, 2.75) is 13.8 Å². The molecule has 0 spiro atoms. The number of aryl methyl sites for hydroxylation is 2. The maximum atomic E-state index is 2.52. The van der Waals surface area contributed by atoms with E-state index in [-0.39, 0.29) is 0 Å². The van der Waals surface area contributed by atoms with Crippen molar-refractivity contribution in [2.24, 2.45) is 0 Å². The molecule has 84 heavy (non-hydrogen) atoms. The van der Waals surface area contributed by atoms with Gasteiger partial charge in [-0.05, 0) is 237 Å². The number of fused-ring (bicyclic) bond motifs is 15. The summed E-state index contributed by atoms with van der Waals surface area (Å²) in [5.74, 6) is 0. The molecule has 0 aliphatic carbocycles. The Labute approximate surface area is 483 Å². The van der Waals surface area contributed by atoms with Gasteiger partial charge in [-0.15, -0.1) is 0 Å². The number of rotatable bonds is 5. The molecule has 384 valence electrons. The predicted octanol–water partition coefficient (Wildman–Crippen LogP) is 24.0. The number of hydrogen-bond acceptors (Lipinski definition) is 0. The third-order valence-electron chi connectivity index (χ3n) is 20.0. The van der Waals surface area contributed by atoms with E-state index in [1.54, 1.807) is 0 Å². The lowest BCUT2D eigenvalue weighted by Crippen LogP contribution is -1.92. The van der Waals surface area contributed by atoms with Crippen molar-refractivity contribution in [3.63, 3.8) is 0 Å². The summed E-state index contributed by atoms with van der Waals surface area (Å²) in [6.45, 7) is 4.53. The lowest BCUT2D eigenvalue weighted by Gasteiger charge is -2.19. The van der Waals surface area contributed by atoms with Crippen LogP contribution >= 0.6 is 0 Å². The van der Waals surface area contributed by atoms with Crippen molar-refractivity contribution in [1.29, 1.82) is 0 Å². The van der Waals surface area contributed by atoms with E-state index >= 15 is 0 Å². The molecule has 0 unspecified atom stereocenters. The first-order valence-electron chi connectivity index (χ1n) is 29.7. The molecule has 0 N–H and O–H groups in total. The van der Waals surface area contributed by atoms with Crippen LogP contribution in [0.3, 0.4) is 0 Å². The summed E-state index contributed by atoms with van der Waals surface area (Å²) in [5.41, 5.74) is 15.3. The van der Waals surface area contributed by atoms with E-state index in [1.807, 2.05) is 0 Å². The topological polar surface area (TPSA) is 0 Å². The first-order chi connectivity index (χ1) is 41.6. The van der Waals surface area contributed by atoms with Gasteiger partial charge in [-0.1, -0.05) is 249 Å². The maximum Gasteiger partial charge on any atom is -0.000695 e. The van der Waals surface area contributed by atoms with Crippen molar-refractivity contribution in [1.82, 2.24) is 0 Å². The molecule has 0 aliphatic rings. The molecule has 20 rings (SSSR count). The van der Waals surface area contributed by atoms with E-state index in [0.717, 1.165) is 0 Å². The molecule has 20 aromatic rings. The van der Waals surface area contributed by atoms with Crippen LogP contribution in [0.4, 0.5) is 0 Å². The molecule has 0 aliphatic heterocycles. The third kappa shape index (κ3) is 5.50. The van der Waals surface area contributed by atoms with Gasteiger partial charge in [0.05, 0.1) is 0 Å². The van der Waals surface area contributed by atoms with Crippen LogP contribution in [0.25, 0.3) is 206 Å². The summed E-state index contributed by atoms with van der Waals surface area (Å²) in [4.78, 5) is 0. The minimum absolute atomic E-state index is 1.21. The molecule has 0 saturated carbocycles. The Balaban J connectivity index is 0.963. The second kappa shape index (κ2) is 16.1. The smallest absolute Gasteiger partial charge is 0.000695 e. The van der Waals surface area contributed by atoms with Gasteiger partial charge in [0, 0.05) is 0 Å². The van der Waals surface area contributed by atoms with Crippen molar-refractivity contribution in [3.05, 3.63) is 266 Å². The Hall–Kier alpha value is -10.7. The highest BCUT2D eigenvalue weighted by molar-refractivity contribution is 6.53. The summed E-state index contributed by atoms with van der Waals surface area (Å²) in [5, 5.41) is 37.3. The van der Waals surface area contributed by atoms with Crippen LogP contribution in [-0.2, 0) is 0 Å². The molecule has 0 bridgehead atoms. The van der Waals surface area contributed by atoms with Gasteiger partial charge in [-0.25, -0.2) is 0 Å². The summed E-state index contributed by atoms with van der Waals surface area (Å²) in [6, 6.07) is 97.6. The van der Waals surface area contributed by atoms with Crippen LogP contribution in [0.1, 0.15) is 11.1 Å². The standard InChI is InChI=1S/C84H48/c1-45-18-15-19-46(2)69(45)64-35-34-50-44-68-61-37-36-57-59-39-42-66-76-67(43-40-60(73(59)76)58-38-41-65(75(61)72(57)58)77(68)78-56-31-14-13-30-55(56)74(64)71(50)78)84-80(54-29-12-10-27-52(54)48-22-7-4-8-23-48)82-63-33-17-25-49-24-16-32-62(70(49)63)81(82)79(83(66)84)53-28-11-9-26-51(53)47-20-5-3-6-21-47/h3-44H,1-2H3. The first-order valence-corrected chi connectivity index (χ1v) is 29.7. The maximum absolute atomic E-state index is 2.52. The highest BCUT2D eigenvalue weighted by Crippen LogP contribution is 2.60. The lowest BCUT2D eigenvalue weighted by atomic mass is 9.83. The Morgan fingerprint density at radius 2 is 0.524 bits per heavy atom. The molecule has 0 atom stereocenters. The van der Waals surface area contributed by atoms with Crippen molar-refractivity contribution in [2.75, 3.05) is 0 Å². The fraction of sp³-hybridized carbons (Fsp3) is 0.0238. The van der Waals surface area contributed by atoms with E-state index in [4.69, 9.17) is 0 Å². The summed E-state index contributed by atoms with van der Waals surface area (Å²) in [6.07, 6.45) is 0. The van der Waals surface area contributed by atoms with Gasteiger partial charge in [-0.3, -0.25) is 0 Å². The molecule has 20 aromatic carbocycles. The molecule has 0 radical (unpaired) electrons. The van der Waals surface area contributed by atoms with E-state index in [9.17, 15) is 0 Å². The van der Waals surface area contributed by atoms with Crippen molar-refractivity contribution >= 4 is 151 Å². The zero-order valence-electron chi connectivity index (χ0n) is 46.2. The Morgan fingerprint density at radius 3 is 1.05 bits per heavy atom. The predicted molar refractivity (Wildman–Crippen MR) is 364 cm³/mol. The first kappa shape index (κ1) is 45.0. The van der Waals surface area contributed by atoms with Crippen LogP contribution in [0.5, 0.6) is 0 Å². The van der Waals surface area contributed by atoms with Crippen molar-refractivity contribution in [3.8, 4) is 55.6 Å². The Kier molecular flexibility index (Phi) is 8.61. The van der Waals surface area contributed by atoms with Gasteiger partial charge in [0.1, 0.15) is 0 Å². The Bertz CT molecular complexity index is 5960. The third-order valence-corrected chi connectivity index (χ3v) is 20.0. The van der Waals surface area contributed by atoms with Crippen molar-refractivity contribution < 1.29 is 0 Å². The van der Waals surface area contributed by atoms with Gasteiger partial charge in [0.25, 0.3) is 0 Å². The fourth-order valence-corrected chi connectivity index (χ4v) is 16.9. The molecule has 0 nitrogen and oxygen atoms in total. The van der Waals surface area contributed by atoms with Crippen LogP contribution in [0.15, 0.2) is 255 Å². The van der Waals surface area contributed by atoms with Gasteiger partial charge in [0.15, 0.2) is 0 Å². The summed E-state index contributed by atoms with van der Waals surface area (Å²) in [7, 11) is 0. The minimum Gasteiger partial charge on any atom is -0.0622 e. The fourth-order valence-electron chi connectivity index (χ4n) is 16.9. The summed E-state index contributed by atoms with van der Waals surface area (Å²) >= 11 is 0. The molecular formula is C84H48. The van der Waals surface area contributed by atoms with Gasteiger partial charge >= 0.3 is 0 Å². The molecule has 0 fully saturated rings. The van der Waals surface area contributed by atoms with Gasteiger partial charge in [-0.2, -0.15) is 0 Å². The van der Waals surface area contributed by atoms with Gasteiger partial charge in [0.2, 0.25) is 0 Å². The average Bonchev–Trinajstić information content (AvgIpc) is 1.62. The zero-order chi connectivity index (χ0) is 54.8. The number of hydrogen-bond donors (Lipinski definition) is 0. The van der Waals surface area contributed by atoms with Crippen LogP contribution in [-0.4, -0.2) is 0 Å². The SMILES string of the molecule is Cc1cccc(C)c1-c1ccc2cc3c4ccc5c6ccc7c8c(-c9ccccc9-c9ccccc9)c9c%10cccc%11cccc(c9c(-c9ccccc9-c9ccccc9)c8c8ccc(c9ccc(c4c59)c3c3c4ccccc4c1c23)c6c78)c%11%10.